The summed E-state index contributed by atoms with van der Waals surface area (Å²) in [6.45, 7) is -0.831. The molecule has 3 unspecified atom stereocenters. The first kappa shape index (κ1) is 32.2. The van der Waals surface area contributed by atoms with Crippen molar-refractivity contribution in [3.63, 3.8) is 0 Å². The van der Waals surface area contributed by atoms with Gasteiger partial charge in [-0.25, -0.2) is 14.4 Å². The van der Waals surface area contributed by atoms with Gasteiger partial charge in [-0.15, -0.1) is 0 Å². The van der Waals surface area contributed by atoms with Gasteiger partial charge in [0.2, 0.25) is 12.0 Å². The van der Waals surface area contributed by atoms with Crippen molar-refractivity contribution in [1.29, 1.82) is 0 Å². The minimum Gasteiger partial charge on any atom is -0.504 e. The van der Waals surface area contributed by atoms with Crippen LogP contribution in [0.25, 0.3) is 0 Å². The normalized spacial score (nSPS) is 21.1. The lowest BCUT2D eigenvalue weighted by atomic mass is 9.99. The molecule has 4 rings (SSSR count). The van der Waals surface area contributed by atoms with Gasteiger partial charge >= 0.3 is 17.9 Å². The number of aromatic hydroxyl groups is 8. The zero-order valence-corrected chi connectivity index (χ0v) is 22.3. The fraction of sp³-hybridized carbons (Fsp3) is 0.222. The van der Waals surface area contributed by atoms with Crippen LogP contribution >= 0.6 is 0 Å². The lowest BCUT2D eigenvalue weighted by molar-refractivity contribution is -0.285. The van der Waals surface area contributed by atoms with Crippen LogP contribution in [0.3, 0.4) is 0 Å². The molecule has 18 heteroatoms. The highest BCUT2D eigenvalue weighted by Crippen LogP contribution is 2.40. The third kappa shape index (κ3) is 6.63. The van der Waals surface area contributed by atoms with Gasteiger partial charge in [-0.2, -0.15) is 0 Å². The Morgan fingerprint density at radius 2 is 1.02 bits per heavy atom. The molecule has 0 aromatic heterocycles. The maximum absolute atomic E-state index is 12.9. The molecule has 1 heterocycles. The highest BCUT2D eigenvalue weighted by atomic mass is 16.7. The number of phenols is 8. The Bertz CT molecular complexity index is 1600. The van der Waals surface area contributed by atoms with Crippen LogP contribution in [0.5, 0.6) is 51.7 Å². The van der Waals surface area contributed by atoms with Crippen molar-refractivity contribution in [1.82, 2.24) is 0 Å². The molecule has 5 atom stereocenters. The van der Waals surface area contributed by atoms with Crippen molar-refractivity contribution in [3.05, 3.63) is 53.1 Å². The molecule has 3 aromatic rings. The lowest BCUT2D eigenvalue weighted by Crippen LogP contribution is -2.59. The van der Waals surface area contributed by atoms with Gasteiger partial charge in [0.15, 0.2) is 46.0 Å². The summed E-state index contributed by atoms with van der Waals surface area (Å²) in [6.07, 6.45) is -9.66. The van der Waals surface area contributed by atoms with E-state index in [-0.39, 0.29) is 0 Å². The quantitative estimate of drug-likeness (QED) is 0.0873. The number of esters is 3. The molecule has 0 aliphatic carbocycles. The van der Waals surface area contributed by atoms with Crippen molar-refractivity contribution in [3.8, 4) is 51.7 Å². The number of hydrogen-bond acceptors (Lipinski definition) is 18. The number of rotatable bonds is 7. The minimum absolute atomic E-state index is 0.431. The van der Waals surface area contributed by atoms with E-state index in [0.29, 0.717) is 24.3 Å². The van der Waals surface area contributed by atoms with Crippen molar-refractivity contribution in [2.75, 3.05) is 6.61 Å². The van der Waals surface area contributed by atoms with Crippen LogP contribution in [0.4, 0.5) is 0 Å². The van der Waals surface area contributed by atoms with Gasteiger partial charge in [0, 0.05) is 0 Å². The Balaban J connectivity index is 1.47. The monoisotopic (exact) mass is 636 g/mol. The number of carbonyl (C=O) groups is 3. The fourth-order valence-corrected chi connectivity index (χ4v) is 3.96. The second kappa shape index (κ2) is 12.5. The second-order valence-corrected chi connectivity index (χ2v) is 9.48. The van der Waals surface area contributed by atoms with E-state index in [2.05, 4.69) is 0 Å². The van der Waals surface area contributed by atoms with Crippen LogP contribution in [-0.4, -0.2) is 111 Å². The molecule has 0 amide bonds. The first-order chi connectivity index (χ1) is 21.1. The molecule has 1 aliphatic heterocycles. The maximum atomic E-state index is 12.9. The summed E-state index contributed by atoms with van der Waals surface area (Å²) >= 11 is 0. The van der Waals surface area contributed by atoms with E-state index < -0.39 is 124 Å². The van der Waals surface area contributed by atoms with Gasteiger partial charge < -0.3 is 75.1 Å². The van der Waals surface area contributed by atoms with Gasteiger partial charge in [0.1, 0.15) is 31.0 Å². The van der Waals surface area contributed by atoms with Crippen LogP contribution in [0.2, 0.25) is 0 Å². The topological polar surface area (TPSA) is 311 Å². The van der Waals surface area contributed by atoms with Gasteiger partial charge in [0.05, 0.1) is 16.7 Å². The molecule has 1 aliphatic rings. The highest BCUT2D eigenvalue weighted by molar-refractivity contribution is 5.95. The number of aliphatic hydroxyl groups is 3. The fourth-order valence-electron chi connectivity index (χ4n) is 3.96. The average molecular weight is 636 g/mol. The van der Waals surface area contributed by atoms with E-state index in [1.807, 2.05) is 0 Å². The highest BCUT2D eigenvalue weighted by Gasteiger charge is 2.46. The molecule has 0 saturated carbocycles. The van der Waals surface area contributed by atoms with Gasteiger partial charge in [0.25, 0.3) is 0 Å². The molecule has 0 bridgehead atoms. The molecular formula is C27H24O18. The third-order valence-corrected chi connectivity index (χ3v) is 6.37. The SMILES string of the molecule is O=C(OCC1O[C@@H](OC(=O)c2cc(O)c(O)c(OC(=O)c3cc(O)c(O)c(O)c3)c2)C(O)C(O)[C@@H]1O)c1cc(O)c(O)c(O)c1. The number of ether oxygens (including phenoxy) is 4. The van der Waals surface area contributed by atoms with Gasteiger partial charge in [-0.3, -0.25) is 0 Å². The Kier molecular flexibility index (Phi) is 8.95. The summed E-state index contributed by atoms with van der Waals surface area (Å²) < 4.78 is 20.1. The van der Waals surface area contributed by atoms with E-state index in [1.54, 1.807) is 0 Å². The molecule has 240 valence electrons. The van der Waals surface area contributed by atoms with Crippen LogP contribution in [0, 0.1) is 0 Å². The second-order valence-electron chi connectivity index (χ2n) is 9.48. The van der Waals surface area contributed by atoms with Gasteiger partial charge in [-0.1, -0.05) is 0 Å². The minimum atomic E-state index is -2.07. The molecule has 3 aromatic carbocycles. The lowest BCUT2D eigenvalue weighted by Gasteiger charge is -2.39. The summed E-state index contributed by atoms with van der Waals surface area (Å²) in [4.78, 5) is 37.7. The zero-order valence-electron chi connectivity index (χ0n) is 22.3. The van der Waals surface area contributed by atoms with Crippen LogP contribution in [0.15, 0.2) is 36.4 Å². The smallest absolute Gasteiger partial charge is 0.343 e. The standard InChI is InChI=1S/C27H24O18/c28-11-1-8(2-12(29)18(11)33)24(39)42-7-17-21(36)22(37)23(38)27(44-17)45-26(41)10-5-15(32)20(35)16(6-10)43-25(40)9-3-13(30)19(34)14(31)4-9/h1-6,17,21-23,27-38H,7H2/t17?,21-,22?,23?,27+/m1/s1. The molecule has 1 saturated heterocycles. The van der Waals surface area contributed by atoms with E-state index in [4.69, 9.17) is 18.9 Å². The Hall–Kier alpha value is -5.69. The number of carbonyl (C=O) groups excluding carboxylic acids is 3. The molecule has 1 fully saturated rings. The zero-order chi connectivity index (χ0) is 33.3. The summed E-state index contributed by atoms with van der Waals surface area (Å²) in [5, 5.41) is 108. The van der Waals surface area contributed by atoms with Crippen LogP contribution < -0.4 is 4.74 Å². The third-order valence-electron chi connectivity index (χ3n) is 6.37. The molecule has 0 spiro atoms. The summed E-state index contributed by atoms with van der Waals surface area (Å²) in [6, 6.07) is 4.30. The maximum Gasteiger partial charge on any atom is 0.343 e. The van der Waals surface area contributed by atoms with Gasteiger partial charge in [-0.05, 0) is 36.4 Å². The molecule has 0 radical (unpaired) electrons. The van der Waals surface area contributed by atoms with Crippen molar-refractivity contribution < 1.29 is 89.5 Å². The number of benzene rings is 3. The Labute approximate surface area is 249 Å². The Morgan fingerprint density at radius 1 is 0.578 bits per heavy atom. The predicted molar refractivity (Wildman–Crippen MR) is 140 cm³/mol. The van der Waals surface area contributed by atoms with E-state index in [0.717, 1.165) is 12.1 Å². The Morgan fingerprint density at radius 3 is 1.53 bits per heavy atom. The van der Waals surface area contributed by atoms with E-state index in [9.17, 15) is 70.6 Å². The van der Waals surface area contributed by atoms with Crippen molar-refractivity contribution in [2.24, 2.45) is 0 Å². The average Bonchev–Trinajstić information content (AvgIpc) is 2.99. The summed E-state index contributed by atoms with van der Waals surface area (Å²) in [7, 11) is 0. The van der Waals surface area contributed by atoms with Crippen LogP contribution in [0.1, 0.15) is 31.1 Å². The van der Waals surface area contributed by atoms with Crippen LogP contribution in [-0.2, 0) is 14.2 Å². The van der Waals surface area contributed by atoms with Crippen molar-refractivity contribution >= 4 is 17.9 Å². The number of phenolic OH excluding ortho intramolecular Hbond substituents is 8. The molecule has 11 N–H and O–H groups in total. The first-order valence-electron chi connectivity index (χ1n) is 12.4. The number of hydrogen-bond donors (Lipinski definition) is 11. The molecular weight excluding hydrogens is 612 g/mol. The van der Waals surface area contributed by atoms with E-state index >= 15 is 0 Å². The van der Waals surface area contributed by atoms with E-state index in [1.165, 1.54) is 0 Å². The first-order valence-corrected chi connectivity index (χ1v) is 12.4. The molecule has 18 nitrogen and oxygen atoms in total. The number of aliphatic hydroxyl groups excluding tert-OH is 3. The van der Waals surface area contributed by atoms with Crippen molar-refractivity contribution in [2.45, 2.75) is 30.7 Å². The largest absolute Gasteiger partial charge is 0.504 e. The molecule has 45 heavy (non-hydrogen) atoms. The summed E-state index contributed by atoms with van der Waals surface area (Å²) in [5.41, 5.74) is -1.57. The predicted octanol–water partition coefficient (Wildman–Crippen LogP) is -0.628. The summed E-state index contributed by atoms with van der Waals surface area (Å²) in [5.74, 6) is -12.1.